The Kier molecular flexibility index (Phi) is 3.61. The maximum absolute atomic E-state index is 11.5. The van der Waals surface area contributed by atoms with Gasteiger partial charge in [-0.15, -0.1) is 0 Å². The van der Waals surface area contributed by atoms with Gasteiger partial charge < -0.3 is 10.1 Å². The monoisotopic (exact) mass is 260 g/mol. The van der Waals surface area contributed by atoms with E-state index in [2.05, 4.69) is 15.4 Å². The average Bonchev–Trinajstić information content (AvgIpc) is 2.75. The lowest BCUT2D eigenvalue weighted by Crippen LogP contribution is -2.22. The van der Waals surface area contributed by atoms with Crippen LogP contribution < -0.4 is 10.6 Å². The second-order valence-corrected chi connectivity index (χ2v) is 3.92. The van der Waals surface area contributed by atoms with Crippen LogP contribution in [0.3, 0.4) is 0 Å². The van der Waals surface area contributed by atoms with Crippen molar-refractivity contribution >= 4 is 24.0 Å². The van der Waals surface area contributed by atoms with E-state index in [1.165, 1.54) is 13.2 Å². The number of carbonyl (C=O) groups is 3. The summed E-state index contributed by atoms with van der Waals surface area (Å²) in [5.41, 5.74) is 1.47. The first-order valence-electron chi connectivity index (χ1n) is 5.57. The molecule has 6 nitrogen and oxygen atoms in total. The normalized spacial score (nSPS) is 18.3. The van der Waals surface area contributed by atoms with E-state index >= 15 is 0 Å². The number of carbonyl (C=O) groups excluding carboxylic acids is 3. The van der Waals surface area contributed by atoms with E-state index in [-0.39, 0.29) is 5.91 Å². The van der Waals surface area contributed by atoms with Gasteiger partial charge in [0.25, 0.3) is 5.91 Å². The van der Waals surface area contributed by atoms with Crippen LogP contribution in [0.15, 0.2) is 30.3 Å². The Morgan fingerprint density at radius 3 is 2.47 bits per heavy atom. The second kappa shape index (κ2) is 5.34. The quantitative estimate of drug-likeness (QED) is 0.477. The first-order chi connectivity index (χ1) is 9.10. The van der Waals surface area contributed by atoms with E-state index in [0.29, 0.717) is 5.56 Å². The van der Waals surface area contributed by atoms with Crippen molar-refractivity contribution in [3.05, 3.63) is 41.5 Å². The van der Waals surface area contributed by atoms with E-state index in [1.807, 2.05) is 0 Å². The SMILES string of the molecule is COC(=O)/C=C/c1ccc(C2NC(=O)NC2=O)cc1. The minimum absolute atomic E-state index is 0.372. The van der Waals surface area contributed by atoms with Crippen molar-refractivity contribution in [3.63, 3.8) is 0 Å². The van der Waals surface area contributed by atoms with Gasteiger partial charge in [-0.1, -0.05) is 24.3 Å². The van der Waals surface area contributed by atoms with Gasteiger partial charge in [0.1, 0.15) is 6.04 Å². The topological polar surface area (TPSA) is 84.5 Å². The number of nitrogens with one attached hydrogen (secondary N) is 2. The van der Waals surface area contributed by atoms with Crippen LogP contribution in [-0.4, -0.2) is 25.0 Å². The highest BCUT2D eigenvalue weighted by Crippen LogP contribution is 2.17. The first kappa shape index (κ1) is 12.8. The molecule has 6 heteroatoms. The molecule has 1 unspecified atom stereocenters. The highest BCUT2D eigenvalue weighted by molar-refractivity contribution is 6.04. The van der Waals surface area contributed by atoms with Gasteiger partial charge in [-0.05, 0) is 17.2 Å². The molecule has 0 radical (unpaired) electrons. The van der Waals surface area contributed by atoms with Crippen molar-refractivity contribution in [1.82, 2.24) is 10.6 Å². The molecule has 98 valence electrons. The number of amides is 3. The molecule has 1 atom stereocenters. The van der Waals surface area contributed by atoms with E-state index < -0.39 is 18.0 Å². The van der Waals surface area contributed by atoms with Gasteiger partial charge in [-0.25, -0.2) is 9.59 Å². The third-order valence-corrected chi connectivity index (χ3v) is 2.66. The molecule has 1 aromatic rings. The van der Waals surface area contributed by atoms with Crippen molar-refractivity contribution in [1.29, 1.82) is 0 Å². The maximum atomic E-state index is 11.5. The van der Waals surface area contributed by atoms with Crippen LogP contribution in [0.2, 0.25) is 0 Å². The van der Waals surface area contributed by atoms with Crippen LogP contribution in [0.4, 0.5) is 4.79 Å². The zero-order valence-corrected chi connectivity index (χ0v) is 10.2. The number of ether oxygens (including phenoxy) is 1. The maximum Gasteiger partial charge on any atom is 0.330 e. The third-order valence-electron chi connectivity index (χ3n) is 2.66. The van der Waals surface area contributed by atoms with E-state index in [4.69, 9.17) is 0 Å². The fourth-order valence-electron chi connectivity index (χ4n) is 1.68. The summed E-state index contributed by atoms with van der Waals surface area (Å²) in [7, 11) is 1.30. The largest absolute Gasteiger partial charge is 0.466 e. The smallest absolute Gasteiger partial charge is 0.330 e. The van der Waals surface area contributed by atoms with Gasteiger partial charge in [-0.2, -0.15) is 0 Å². The Bertz CT molecular complexity index is 548. The zero-order valence-electron chi connectivity index (χ0n) is 10.2. The summed E-state index contributed by atoms with van der Waals surface area (Å²) < 4.78 is 4.48. The first-order valence-corrected chi connectivity index (χ1v) is 5.57. The molecule has 1 saturated heterocycles. The standard InChI is InChI=1S/C13H12N2O4/c1-19-10(16)7-4-8-2-5-9(6-3-8)11-12(17)15-13(18)14-11/h2-7,11H,1H3,(H2,14,15,17,18)/b7-4+. The Morgan fingerprint density at radius 2 is 1.95 bits per heavy atom. The van der Waals surface area contributed by atoms with E-state index in [9.17, 15) is 14.4 Å². The molecular formula is C13H12N2O4. The summed E-state index contributed by atoms with van der Waals surface area (Å²) in [6, 6.07) is 5.76. The Labute approximate surface area is 109 Å². The predicted molar refractivity (Wildman–Crippen MR) is 66.9 cm³/mol. The molecule has 0 saturated carbocycles. The molecule has 0 spiro atoms. The van der Waals surface area contributed by atoms with Crippen molar-refractivity contribution in [3.8, 4) is 0 Å². The highest BCUT2D eigenvalue weighted by atomic mass is 16.5. The zero-order chi connectivity index (χ0) is 13.8. The van der Waals surface area contributed by atoms with Crippen molar-refractivity contribution in [2.45, 2.75) is 6.04 Å². The fraction of sp³-hybridized carbons (Fsp3) is 0.154. The molecule has 2 N–H and O–H groups in total. The van der Waals surface area contributed by atoms with Crippen LogP contribution in [0.5, 0.6) is 0 Å². The number of rotatable bonds is 3. The predicted octanol–water partition coefficient (Wildman–Crippen LogP) is 0.753. The van der Waals surface area contributed by atoms with Crippen molar-refractivity contribution in [2.24, 2.45) is 0 Å². The average molecular weight is 260 g/mol. The number of methoxy groups -OCH3 is 1. The summed E-state index contributed by atoms with van der Waals surface area (Å²) in [5, 5.41) is 4.67. The summed E-state index contributed by atoms with van der Waals surface area (Å²) in [5.74, 6) is -0.811. The highest BCUT2D eigenvalue weighted by Gasteiger charge is 2.30. The van der Waals surface area contributed by atoms with Gasteiger partial charge in [0.15, 0.2) is 0 Å². The third kappa shape index (κ3) is 2.98. The molecule has 1 aliphatic heterocycles. The molecule has 1 heterocycles. The van der Waals surface area contributed by atoms with Crippen LogP contribution in [0.1, 0.15) is 17.2 Å². The van der Waals surface area contributed by atoms with Crippen LogP contribution in [0.25, 0.3) is 6.08 Å². The number of benzene rings is 1. The lowest BCUT2D eigenvalue weighted by Gasteiger charge is -2.07. The molecule has 1 aliphatic rings. The molecule has 1 aromatic carbocycles. The molecule has 0 aromatic heterocycles. The summed E-state index contributed by atoms with van der Waals surface area (Å²) >= 11 is 0. The lowest BCUT2D eigenvalue weighted by molar-refractivity contribution is -0.134. The van der Waals surface area contributed by atoms with Gasteiger partial charge >= 0.3 is 12.0 Å². The number of hydrogen-bond donors (Lipinski definition) is 2. The Morgan fingerprint density at radius 1 is 1.26 bits per heavy atom. The van der Waals surface area contributed by atoms with Gasteiger partial charge in [-0.3, -0.25) is 10.1 Å². The van der Waals surface area contributed by atoms with E-state index in [1.54, 1.807) is 30.3 Å². The molecule has 3 amide bonds. The molecule has 1 fully saturated rings. The van der Waals surface area contributed by atoms with Crippen LogP contribution in [0, 0.1) is 0 Å². The second-order valence-electron chi connectivity index (χ2n) is 3.92. The van der Waals surface area contributed by atoms with Crippen molar-refractivity contribution < 1.29 is 19.1 Å². The molecule has 19 heavy (non-hydrogen) atoms. The lowest BCUT2D eigenvalue weighted by atomic mass is 10.0. The van der Waals surface area contributed by atoms with Crippen molar-refractivity contribution in [2.75, 3.05) is 7.11 Å². The Hall–Kier alpha value is -2.63. The van der Waals surface area contributed by atoms with Gasteiger partial charge in [0, 0.05) is 6.08 Å². The van der Waals surface area contributed by atoms with Crippen LogP contribution >= 0.6 is 0 Å². The fourth-order valence-corrected chi connectivity index (χ4v) is 1.68. The van der Waals surface area contributed by atoms with Gasteiger partial charge in [0.2, 0.25) is 0 Å². The minimum Gasteiger partial charge on any atom is -0.466 e. The van der Waals surface area contributed by atoms with Gasteiger partial charge in [0.05, 0.1) is 7.11 Å². The number of urea groups is 1. The Balaban J connectivity index is 2.10. The number of hydrogen-bond acceptors (Lipinski definition) is 4. The summed E-state index contributed by atoms with van der Waals surface area (Å²) in [6.45, 7) is 0. The number of imide groups is 1. The summed E-state index contributed by atoms with van der Waals surface area (Å²) in [6.07, 6.45) is 2.90. The molecule has 2 rings (SSSR count). The molecular weight excluding hydrogens is 248 g/mol. The van der Waals surface area contributed by atoms with E-state index in [0.717, 1.165) is 5.56 Å². The number of esters is 1. The van der Waals surface area contributed by atoms with Crippen LogP contribution in [-0.2, 0) is 14.3 Å². The molecule has 0 aliphatic carbocycles. The molecule has 0 bridgehead atoms. The minimum atomic E-state index is -0.661. The summed E-state index contributed by atoms with van der Waals surface area (Å²) in [4.78, 5) is 33.4.